The van der Waals surface area contributed by atoms with Crippen molar-refractivity contribution in [2.24, 2.45) is 0 Å². The van der Waals surface area contributed by atoms with E-state index >= 15 is 0 Å². The maximum atomic E-state index is 11.5. The summed E-state index contributed by atoms with van der Waals surface area (Å²) >= 11 is 0. The molecule has 0 aromatic rings. The molecule has 0 saturated carbocycles. The highest BCUT2D eigenvalue weighted by Crippen LogP contribution is 2.12. The van der Waals surface area contributed by atoms with Crippen molar-refractivity contribution in [2.45, 2.75) is 26.3 Å². The molecule has 0 aliphatic rings. The highest BCUT2D eigenvalue weighted by Gasteiger charge is 2.33. The third kappa shape index (κ3) is 3.51. The minimum absolute atomic E-state index is 0.0747. The molecular formula is C10H20N2O3. The fourth-order valence-electron chi connectivity index (χ4n) is 0.861. The van der Waals surface area contributed by atoms with E-state index in [0.29, 0.717) is 6.54 Å². The summed E-state index contributed by atoms with van der Waals surface area (Å²) < 4.78 is 0. The van der Waals surface area contributed by atoms with Crippen molar-refractivity contribution in [3.63, 3.8) is 0 Å². The molecule has 0 radical (unpaired) electrons. The van der Waals surface area contributed by atoms with Gasteiger partial charge >= 0.3 is 5.97 Å². The molecule has 0 atom stereocenters. The van der Waals surface area contributed by atoms with Crippen LogP contribution in [0.4, 0.5) is 0 Å². The fourth-order valence-corrected chi connectivity index (χ4v) is 0.861. The molecule has 5 nitrogen and oxygen atoms in total. The van der Waals surface area contributed by atoms with Crippen molar-refractivity contribution in [3.05, 3.63) is 0 Å². The van der Waals surface area contributed by atoms with Crippen LogP contribution in [0.2, 0.25) is 0 Å². The summed E-state index contributed by atoms with van der Waals surface area (Å²) in [6.07, 6.45) is 0. The molecule has 0 spiro atoms. The van der Waals surface area contributed by atoms with Gasteiger partial charge in [-0.1, -0.05) is 0 Å². The van der Waals surface area contributed by atoms with Gasteiger partial charge in [-0.25, -0.2) is 0 Å². The van der Waals surface area contributed by atoms with Gasteiger partial charge in [0, 0.05) is 13.6 Å². The van der Waals surface area contributed by atoms with Crippen LogP contribution in [0.15, 0.2) is 0 Å². The summed E-state index contributed by atoms with van der Waals surface area (Å²) in [4.78, 5) is 25.6. The number of aliphatic carboxylic acids is 1. The van der Waals surface area contributed by atoms with Crippen molar-refractivity contribution >= 4 is 11.9 Å². The van der Waals surface area contributed by atoms with Crippen LogP contribution in [0.25, 0.3) is 0 Å². The Morgan fingerprint density at radius 1 is 1.27 bits per heavy atom. The van der Waals surface area contributed by atoms with E-state index in [-0.39, 0.29) is 12.5 Å². The molecule has 1 N–H and O–H groups in total. The number of carboxylic acids is 1. The third-order valence-corrected chi connectivity index (χ3v) is 2.75. The summed E-state index contributed by atoms with van der Waals surface area (Å²) in [7, 11) is 3.33. The van der Waals surface area contributed by atoms with Gasteiger partial charge in [0.25, 0.3) is 0 Å². The number of carboxylic acid groups (broad SMARTS) is 1. The molecule has 0 heterocycles. The van der Waals surface area contributed by atoms with E-state index in [0.717, 1.165) is 0 Å². The first-order valence-corrected chi connectivity index (χ1v) is 4.92. The summed E-state index contributed by atoms with van der Waals surface area (Å²) in [5, 5.41) is 8.95. The summed E-state index contributed by atoms with van der Waals surface area (Å²) in [6, 6.07) is 0. The Kier molecular flexibility index (Phi) is 4.74. The highest BCUT2D eigenvalue weighted by atomic mass is 16.4. The second-order valence-electron chi connectivity index (χ2n) is 4.13. The van der Waals surface area contributed by atoms with Crippen molar-refractivity contribution in [1.82, 2.24) is 9.80 Å². The Bertz CT molecular complexity index is 251. The average Bonchev–Trinajstić information content (AvgIpc) is 2.15. The summed E-state index contributed by atoms with van der Waals surface area (Å²) in [6.45, 7) is 5.77. The van der Waals surface area contributed by atoms with Gasteiger partial charge in [0.2, 0.25) is 5.91 Å². The predicted molar refractivity (Wildman–Crippen MR) is 57.7 cm³/mol. The van der Waals surface area contributed by atoms with Gasteiger partial charge in [0.1, 0.15) is 5.54 Å². The molecule has 0 saturated heterocycles. The van der Waals surface area contributed by atoms with Crippen molar-refractivity contribution in [2.75, 3.05) is 27.2 Å². The first kappa shape index (κ1) is 13.9. The Morgan fingerprint density at radius 2 is 1.73 bits per heavy atom. The molecule has 15 heavy (non-hydrogen) atoms. The maximum Gasteiger partial charge on any atom is 0.323 e. The lowest BCUT2D eigenvalue weighted by molar-refractivity contribution is -0.149. The number of rotatable bonds is 5. The number of hydrogen-bond donors (Lipinski definition) is 1. The van der Waals surface area contributed by atoms with Gasteiger partial charge in [0.15, 0.2) is 0 Å². The van der Waals surface area contributed by atoms with E-state index in [2.05, 4.69) is 0 Å². The molecule has 0 aromatic heterocycles. The van der Waals surface area contributed by atoms with Crippen LogP contribution in [0.3, 0.4) is 0 Å². The largest absolute Gasteiger partial charge is 0.480 e. The molecule has 0 rings (SSSR count). The lowest BCUT2D eigenvalue weighted by Gasteiger charge is -2.31. The van der Waals surface area contributed by atoms with Gasteiger partial charge in [-0.15, -0.1) is 0 Å². The number of nitrogens with zero attached hydrogens (tertiary/aromatic N) is 2. The fraction of sp³-hybridized carbons (Fsp3) is 0.800. The molecule has 1 amide bonds. The summed E-state index contributed by atoms with van der Waals surface area (Å²) in [5.41, 5.74) is -1.02. The quantitative estimate of drug-likeness (QED) is 0.716. The van der Waals surface area contributed by atoms with Crippen LogP contribution in [-0.2, 0) is 9.59 Å². The van der Waals surface area contributed by atoms with E-state index in [4.69, 9.17) is 5.11 Å². The van der Waals surface area contributed by atoms with Crippen LogP contribution >= 0.6 is 0 Å². The van der Waals surface area contributed by atoms with Gasteiger partial charge in [-0.3, -0.25) is 14.5 Å². The monoisotopic (exact) mass is 216 g/mol. The molecule has 5 heteroatoms. The normalized spacial score (nSPS) is 11.6. The van der Waals surface area contributed by atoms with Crippen LogP contribution in [0, 0.1) is 0 Å². The Labute approximate surface area is 90.7 Å². The van der Waals surface area contributed by atoms with E-state index < -0.39 is 11.5 Å². The molecule has 88 valence electrons. The van der Waals surface area contributed by atoms with Crippen LogP contribution < -0.4 is 0 Å². The lowest BCUT2D eigenvalue weighted by Crippen LogP contribution is -2.51. The smallest absolute Gasteiger partial charge is 0.323 e. The number of carbonyl (C=O) groups excluding carboxylic acids is 1. The number of carbonyl (C=O) groups is 2. The van der Waals surface area contributed by atoms with Crippen LogP contribution in [0.1, 0.15) is 20.8 Å². The predicted octanol–water partition coefficient (Wildman–Crippen LogP) is 0.260. The first-order chi connectivity index (χ1) is 6.73. The van der Waals surface area contributed by atoms with Gasteiger partial charge < -0.3 is 10.0 Å². The number of amides is 1. The Morgan fingerprint density at radius 3 is 2.07 bits per heavy atom. The molecule has 0 aliphatic heterocycles. The lowest BCUT2D eigenvalue weighted by atomic mass is 10.0. The molecule has 0 fully saturated rings. The number of likely N-dealkylation sites (N-methyl/N-ethyl adjacent to an activating group) is 2. The molecular weight excluding hydrogens is 196 g/mol. The van der Waals surface area contributed by atoms with Gasteiger partial charge in [-0.2, -0.15) is 0 Å². The van der Waals surface area contributed by atoms with E-state index in [9.17, 15) is 9.59 Å². The van der Waals surface area contributed by atoms with Crippen molar-refractivity contribution < 1.29 is 14.7 Å². The zero-order valence-corrected chi connectivity index (χ0v) is 10.1. The Balaban J connectivity index is 4.43. The first-order valence-electron chi connectivity index (χ1n) is 4.92. The summed E-state index contributed by atoms with van der Waals surface area (Å²) in [5.74, 6) is -1.01. The van der Waals surface area contributed by atoms with Gasteiger partial charge in [-0.05, 0) is 27.8 Å². The van der Waals surface area contributed by atoms with E-state index in [1.807, 2.05) is 6.92 Å². The van der Waals surface area contributed by atoms with E-state index in [1.54, 1.807) is 32.8 Å². The Hall–Kier alpha value is -1.10. The van der Waals surface area contributed by atoms with Crippen LogP contribution in [-0.4, -0.2) is 59.5 Å². The zero-order chi connectivity index (χ0) is 12.2. The van der Waals surface area contributed by atoms with E-state index in [1.165, 1.54) is 4.90 Å². The highest BCUT2D eigenvalue weighted by molar-refractivity contribution is 5.81. The second kappa shape index (κ2) is 5.11. The standard InChI is InChI=1S/C10H20N2O3/c1-6-11(4)8(13)7-12(5)10(2,3)9(14)15/h6-7H2,1-5H3,(H,14,15). The number of hydrogen-bond acceptors (Lipinski definition) is 3. The van der Waals surface area contributed by atoms with Gasteiger partial charge in [0.05, 0.1) is 6.54 Å². The molecule has 0 bridgehead atoms. The molecule has 0 aliphatic carbocycles. The average molecular weight is 216 g/mol. The molecule has 0 unspecified atom stereocenters. The van der Waals surface area contributed by atoms with Crippen molar-refractivity contribution in [3.8, 4) is 0 Å². The molecule has 0 aromatic carbocycles. The topological polar surface area (TPSA) is 60.9 Å². The second-order valence-corrected chi connectivity index (χ2v) is 4.13. The van der Waals surface area contributed by atoms with Crippen LogP contribution in [0.5, 0.6) is 0 Å². The maximum absolute atomic E-state index is 11.5. The minimum atomic E-state index is -1.02. The zero-order valence-electron chi connectivity index (χ0n) is 10.1. The minimum Gasteiger partial charge on any atom is -0.480 e. The SMILES string of the molecule is CCN(C)C(=O)CN(C)C(C)(C)C(=O)O. The van der Waals surface area contributed by atoms with Crippen molar-refractivity contribution in [1.29, 1.82) is 0 Å². The third-order valence-electron chi connectivity index (χ3n) is 2.75.